The maximum Gasteiger partial charge on any atom is 0.261 e. The van der Waals surface area contributed by atoms with E-state index in [4.69, 9.17) is 0 Å². The largest absolute Gasteiger partial charge is 0.390 e. The van der Waals surface area contributed by atoms with E-state index in [0.29, 0.717) is 47.0 Å². The highest BCUT2D eigenvalue weighted by molar-refractivity contribution is 7.20. The Morgan fingerprint density at radius 1 is 1.25 bits per heavy atom. The highest BCUT2D eigenvalue weighted by Gasteiger charge is 2.33. The van der Waals surface area contributed by atoms with Crippen molar-refractivity contribution >= 4 is 39.0 Å². The number of rotatable bonds is 10. The molecule has 0 aliphatic heterocycles. The molecule has 10 heteroatoms. The first-order valence-electron chi connectivity index (χ1n) is 12.3. The van der Waals surface area contributed by atoms with Gasteiger partial charge in [-0.3, -0.25) is 4.79 Å². The molecule has 0 saturated heterocycles. The van der Waals surface area contributed by atoms with Gasteiger partial charge in [0, 0.05) is 12.2 Å². The zero-order valence-electron chi connectivity index (χ0n) is 20.9. The summed E-state index contributed by atoms with van der Waals surface area (Å²) in [6.07, 6.45) is 3.42. The van der Waals surface area contributed by atoms with E-state index in [2.05, 4.69) is 25.5 Å². The second-order valence-electron chi connectivity index (χ2n) is 9.73. The van der Waals surface area contributed by atoms with Crippen LogP contribution in [0.4, 0.5) is 15.9 Å². The van der Waals surface area contributed by atoms with Crippen molar-refractivity contribution in [2.75, 3.05) is 32.5 Å². The predicted octanol–water partition coefficient (Wildman–Crippen LogP) is 3.63. The highest BCUT2D eigenvalue weighted by atomic mass is 32.1. The fourth-order valence-corrected chi connectivity index (χ4v) is 5.84. The van der Waals surface area contributed by atoms with Crippen LogP contribution in [-0.2, 0) is 6.42 Å². The van der Waals surface area contributed by atoms with Crippen LogP contribution in [0.15, 0.2) is 24.5 Å². The molecule has 1 amide bonds. The standard InChI is InChI=1S/C26H34FN5O3S/c1-15-21-24(29-14-30-26(21)36-23(15)25(35)28-11-4-12-32(2)3)31-19-9-8-18(27)13-17(19)6-5-16-7-10-20(33)22(16)34/h8-9,13-14,16,20,22,33-34H,4-7,10-12H2,1-3H3,(H,28,35)(H,29,30,31)/t16-,20-,22?/m1/s1. The summed E-state index contributed by atoms with van der Waals surface area (Å²) >= 11 is 1.33. The smallest absolute Gasteiger partial charge is 0.261 e. The number of aryl methyl sites for hydroxylation is 2. The van der Waals surface area contributed by atoms with Gasteiger partial charge in [-0.05, 0) is 94.9 Å². The van der Waals surface area contributed by atoms with Gasteiger partial charge in [0.05, 0.1) is 22.5 Å². The van der Waals surface area contributed by atoms with Gasteiger partial charge in [0.15, 0.2) is 0 Å². The first kappa shape index (κ1) is 26.4. The summed E-state index contributed by atoms with van der Waals surface area (Å²) in [6.45, 7) is 3.37. The molecule has 36 heavy (non-hydrogen) atoms. The van der Waals surface area contributed by atoms with Crippen molar-refractivity contribution in [3.63, 3.8) is 0 Å². The Morgan fingerprint density at radius 3 is 2.78 bits per heavy atom. The van der Waals surface area contributed by atoms with Crippen LogP contribution in [0.25, 0.3) is 10.2 Å². The number of halogens is 1. The number of anilines is 2. The number of carbonyl (C=O) groups excluding carboxylic acids is 1. The SMILES string of the molecule is Cc1c(C(=O)NCCCN(C)C)sc2ncnc(Nc3ccc(F)cc3CC[C@@H]3CC[C@@H](O)C3O)c12. The number of aromatic nitrogens is 2. The number of benzene rings is 1. The zero-order valence-corrected chi connectivity index (χ0v) is 21.7. The lowest BCUT2D eigenvalue weighted by molar-refractivity contribution is 0.0189. The molecule has 0 spiro atoms. The number of hydrogen-bond acceptors (Lipinski definition) is 8. The van der Waals surface area contributed by atoms with Crippen LogP contribution >= 0.6 is 11.3 Å². The number of fused-ring (bicyclic) bond motifs is 1. The molecule has 1 saturated carbocycles. The average molecular weight is 516 g/mol. The van der Waals surface area contributed by atoms with E-state index in [1.807, 2.05) is 21.0 Å². The summed E-state index contributed by atoms with van der Waals surface area (Å²) < 4.78 is 14.1. The van der Waals surface area contributed by atoms with Crippen molar-refractivity contribution in [3.05, 3.63) is 46.3 Å². The van der Waals surface area contributed by atoms with Gasteiger partial charge >= 0.3 is 0 Å². The van der Waals surface area contributed by atoms with Crippen molar-refractivity contribution in [1.29, 1.82) is 0 Å². The number of hydrogen-bond donors (Lipinski definition) is 4. The first-order chi connectivity index (χ1) is 17.2. The van der Waals surface area contributed by atoms with Crippen molar-refractivity contribution in [1.82, 2.24) is 20.2 Å². The molecule has 8 nitrogen and oxygen atoms in total. The van der Waals surface area contributed by atoms with Crippen LogP contribution in [0, 0.1) is 18.7 Å². The van der Waals surface area contributed by atoms with Crippen molar-refractivity contribution in [2.45, 2.75) is 51.2 Å². The Kier molecular flexibility index (Phi) is 8.50. The van der Waals surface area contributed by atoms with Crippen LogP contribution in [0.3, 0.4) is 0 Å². The van der Waals surface area contributed by atoms with Crippen LogP contribution < -0.4 is 10.6 Å². The minimum Gasteiger partial charge on any atom is -0.390 e. The quantitative estimate of drug-likeness (QED) is 0.305. The van der Waals surface area contributed by atoms with Crippen molar-refractivity contribution in [2.24, 2.45) is 5.92 Å². The van der Waals surface area contributed by atoms with E-state index in [-0.39, 0.29) is 17.6 Å². The van der Waals surface area contributed by atoms with Crippen molar-refractivity contribution in [3.8, 4) is 0 Å². The molecule has 1 fully saturated rings. The second kappa shape index (κ2) is 11.6. The summed E-state index contributed by atoms with van der Waals surface area (Å²) in [5.74, 6) is 0.0830. The molecule has 1 aliphatic rings. The molecule has 3 atom stereocenters. The molecular formula is C26H34FN5O3S. The summed E-state index contributed by atoms with van der Waals surface area (Å²) in [6, 6.07) is 4.57. The van der Waals surface area contributed by atoms with E-state index in [1.165, 1.54) is 29.8 Å². The predicted molar refractivity (Wildman–Crippen MR) is 140 cm³/mol. The van der Waals surface area contributed by atoms with Gasteiger partial charge in [0.2, 0.25) is 0 Å². The van der Waals surface area contributed by atoms with Gasteiger partial charge in [-0.1, -0.05) is 0 Å². The molecule has 194 valence electrons. The minimum absolute atomic E-state index is 0.0141. The summed E-state index contributed by atoms with van der Waals surface area (Å²) in [7, 11) is 4.00. The van der Waals surface area contributed by atoms with Crippen molar-refractivity contribution < 1.29 is 19.4 Å². The van der Waals surface area contributed by atoms with Gasteiger partial charge in [0.25, 0.3) is 5.91 Å². The van der Waals surface area contributed by atoms with Gasteiger partial charge in [-0.25, -0.2) is 14.4 Å². The zero-order chi connectivity index (χ0) is 25.8. The number of nitrogens with one attached hydrogen (secondary N) is 2. The summed E-state index contributed by atoms with van der Waals surface area (Å²) in [4.78, 5) is 25.0. The van der Waals surface area contributed by atoms with E-state index in [0.717, 1.165) is 35.9 Å². The third kappa shape index (κ3) is 6.00. The maximum absolute atomic E-state index is 14.1. The topological polar surface area (TPSA) is 111 Å². The van der Waals surface area contributed by atoms with E-state index in [9.17, 15) is 19.4 Å². The summed E-state index contributed by atoms with van der Waals surface area (Å²) in [5, 5.41) is 27.1. The van der Waals surface area contributed by atoms with Gasteiger partial charge in [-0.2, -0.15) is 0 Å². The lowest BCUT2D eigenvalue weighted by Gasteiger charge is -2.18. The third-order valence-corrected chi connectivity index (χ3v) is 8.01. The molecule has 4 N–H and O–H groups in total. The molecule has 1 unspecified atom stereocenters. The molecule has 0 bridgehead atoms. The minimum atomic E-state index is -0.739. The van der Waals surface area contributed by atoms with E-state index >= 15 is 0 Å². The molecule has 3 aromatic rings. The monoisotopic (exact) mass is 515 g/mol. The number of aliphatic hydroxyl groups excluding tert-OH is 2. The third-order valence-electron chi connectivity index (χ3n) is 6.82. The maximum atomic E-state index is 14.1. The number of carbonyl (C=O) groups is 1. The Labute approximate surface area is 214 Å². The Hall–Kier alpha value is -2.66. The van der Waals surface area contributed by atoms with Crippen LogP contribution in [0.5, 0.6) is 0 Å². The molecule has 2 heterocycles. The summed E-state index contributed by atoms with van der Waals surface area (Å²) in [5.41, 5.74) is 2.28. The molecular weight excluding hydrogens is 481 g/mol. The molecule has 1 aliphatic carbocycles. The lowest BCUT2D eigenvalue weighted by atomic mass is 9.95. The van der Waals surface area contributed by atoms with E-state index in [1.54, 1.807) is 6.07 Å². The fourth-order valence-electron chi connectivity index (χ4n) is 4.78. The fraction of sp³-hybridized carbons (Fsp3) is 0.500. The first-order valence-corrected chi connectivity index (χ1v) is 13.1. The molecule has 0 radical (unpaired) electrons. The second-order valence-corrected chi connectivity index (χ2v) is 10.7. The number of nitrogens with zero attached hydrogens (tertiary/aromatic N) is 3. The average Bonchev–Trinajstić information content (AvgIpc) is 3.36. The highest BCUT2D eigenvalue weighted by Crippen LogP contribution is 2.36. The van der Waals surface area contributed by atoms with Gasteiger partial charge < -0.3 is 25.7 Å². The molecule has 1 aromatic carbocycles. The normalized spacial score (nSPS) is 19.8. The van der Waals surface area contributed by atoms with Crippen LogP contribution in [-0.4, -0.2) is 70.4 Å². The molecule has 2 aromatic heterocycles. The Balaban J connectivity index is 1.53. The number of aliphatic hydroxyl groups is 2. The number of amides is 1. The Bertz CT molecular complexity index is 1220. The Morgan fingerprint density at radius 2 is 2.06 bits per heavy atom. The molecule has 4 rings (SSSR count). The van der Waals surface area contributed by atoms with Crippen LogP contribution in [0.1, 0.15) is 46.5 Å². The number of thiophene rings is 1. The van der Waals surface area contributed by atoms with Crippen LogP contribution in [0.2, 0.25) is 0 Å². The van der Waals surface area contributed by atoms with Gasteiger partial charge in [0.1, 0.15) is 22.8 Å². The van der Waals surface area contributed by atoms with E-state index < -0.39 is 12.2 Å². The van der Waals surface area contributed by atoms with Gasteiger partial charge in [-0.15, -0.1) is 11.3 Å². The lowest BCUT2D eigenvalue weighted by Crippen LogP contribution is -2.26.